The van der Waals surface area contributed by atoms with E-state index in [0.717, 1.165) is 16.5 Å². The maximum Gasteiger partial charge on any atom is 0.273 e. The summed E-state index contributed by atoms with van der Waals surface area (Å²) in [5.41, 5.74) is 2.14. The van der Waals surface area contributed by atoms with Crippen molar-refractivity contribution in [3.05, 3.63) is 69.9 Å². The quantitative estimate of drug-likeness (QED) is 0.327. The highest BCUT2D eigenvalue weighted by Gasteiger charge is 2.27. The predicted molar refractivity (Wildman–Crippen MR) is 109 cm³/mol. The lowest BCUT2D eigenvalue weighted by molar-refractivity contribution is -0.385. The first-order chi connectivity index (χ1) is 14.0. The third-order valence-electron chi connectivity index (χ3n) is 4.82. The fourth-order valence-corrected chi connectivity index (χ4v) is 3.42. The molecule has 1 unspecified atom stereocenters. The van der Waals surface area contributed by atoms with Gasteiger partial charge in [0.05, 0.1) is 18.6 Å². The van der Waals surface area contributed by atoms with Gasteiger partial charge in [0.1, 0.15) is 5.75 Å². The van der Waals surface area contributed by atoms with Gasteiger partial charge in [-0.05, 0) is 23.8 Å². The Kier molecular flexibility index (Phi) is 6.46. The molecule has 1 atom stereocenters. The minimum Gasteiger partial charge on any atom is -0.497 e. The van der Waals surface area contributed by atoms with Crippen molar-refractivity contribution in [2.75, 3.05) is 27.4 Å². The lowest BCUT2D eigenvalue weighted by atomic mass is 9.87. The number of H-pyrrole nitrogens is 1. The van der Waals surface area contributed by atoms with Crippen LogP contribution in [0.1, 0.15) is 23.5 Å². The molecule has 0 aliphatic heterocycles. The molecule has 0 radical (unpaired) electrons. The molecule has 2 N–H and O–H groups in total. The summed E-state index contributed by atoms with van der Waals surface area (Å²) in [6.07, 6.45) is 1.87. The molecule has 29 heavy (non-hydrogen) atoms. The fourth-order valence-electron chi connectivity index (χ4n) is 3.42. The first kappa shape index (κ1) is 20.3. The van der Waals surface area contributed by atoms with Gasteiger partial charge in [-0.2, -0.15) is 0 Å². The highest BCUT2D eigenvalue weighted by Crippen LogP contribution is 2.38. The highest BCUT2D eigenvalue weighted by molar-refractivity contribution is 5.87. The highest BCUT2D eigenvalue weighted by atomic mass is 16.6. The second-order valence-electron chi connectivity index (χ2n) is 6.57. The summed E-state index contributed by atoms with van der Waals surface area (Å²) in [4.78, 5) is 27.0. The summed E-state index contributed by atoms with van der Waals surface area (Å²) in [7, 11) is 3.14. The molecular formula is C21H23N3O5. The van der Waals surface area contributed by atoms with Crippen LogP contribution < -0.4 is 10.1 Å². The minimum absolute atomic E-state index is 0.0144. The zero-order valence-electron chi connectivity index (χ0n) is 16.3. The van der Waals surface area contributed by atoms with Gasteiger partial charge in [-0.15, -0.1) is 0 Å². The number of nitro benzene ring substituents is 1. The van der Waals surface area contributed by atoms with Crippen LogP contribution in [0.2, 0.25) is 0 Å². The molecule has 3 aromatic rings. The number of fused-ring (bicyclic) bond motifs is 1. The number of nitrogens with zero attached hydrogens (tertiary/aromatic N) is 1. The van der Waals surface area contributed by atoms with E-state index in [9.17, 15) is 14.9 Å². The number of benzene rings is 2. The number of amides is 1. The predicted octanol–water partition coefficient (Wildman–Crippen LogP) is 3.37. The molecule has 0 aliphatic carbocycles. The maximum atomic E-state index is 12.6. The van der Waals surface area contributed by atoms with Crippen molar-refractivity contribution in [3.8, 4) is 5.75 Å². The Hall–Kier alpha value is -3.39. The number of rotatable bonds is 9. The van der Waals surface area contributed by atoms with Crippen LogP contribution in [-0.4, -0.2) is 43.2 Å². The summed E-state index contributed by atoms with van der Waals surface area (Å²) < 4.78 is 10.3. The molecule has 152 valence electrons. The smallest absolute Gasteiger partial charge is 0.273 e. The molecule has 2 aromatic carbocycles. The standard InChI is InChI=1S/C21H23N3O5/c1-28-10-9-22-21(25)12-16(15-5-3-4-6-20(15)24(26)27)18-13-23-19-8-7-14(29-2)11-17(18)19/h3-8,11,13,16,23H,9-10,12H2,1-2H3,(H,22,25). The minimum atomic E-state index is -0.500. The molecule has 8 nitrogen and oxygen atoms in total. The Morgan fingerprint density at radius 1 is 1.21 bits per heavy atom. The number of carbonyl (C=O) groups is 1. The molecule has 3 rings (SSSR count). The van der Waals surface area contributed by atoms with Gasteiger partial charge in [0.15, 0.2) is 0 Å². The van der Waals surface area contributed by atoms with E-state index in [1.165, 1.54) is 6.07 Å². The van der Waals surface area contributed by atoms with Crippen molar-refractivity contribution in [1.82, 2.24) is 10.3 Å². The zero-order valence-corrected chi connectivity index (χ0v) is 16.3. The van der Waals surface area contributed by atoms with Crippen molar-refractivity contribution in [1.29, 1.82) is 0 Å². The second-order valence-corrected chi connectivity index (χ2v) is 6.57. The van der Waals surface area contributed by atoms with Crippen LogP contribution in [0.5, 0.6) is 5.75 Å². The topological polar surface area (TPSA) is 106 Å². The molecule has 0 bridgehead atoms. The summed E-state index contributed by atoms with van der Waals surface area (Å²) >= 11 is 0. The number of para-hydroxylation sites is 1. The number of nitrogens with one attached hydrogen (secondary N) is 2. The lowest BCUT2D eigenvalue weighted by Crippen LogP contribution is -2.28. The van der Waals surface area contributed by atoms with Gasteiger partial charge in [-0.1, -0.05) is 18.2 Å². The van der Waals surface area contributed by atoms with Gasteiger partial charge in [0, 0.05) is 54.7 Å². The second kappa shape index (κ2) is 9.20. The van der Waals surface area contributed by atoms with Gasteiger partial charge in [-0.25, -0.2) is 0 Å². The van der Waals surface area contributed by atoms with E-state index >= 15 is 0 Å². The van der Waals surface area contributed by atoms with E-state index in [1.54, 1.807) is 38.6 Å². The van der Waals surface area contributed by atoms with Crippen LogP contribution >= 0.6 is 0 Å². The Bertz CT molecular complexity index is 1010. The molecule has 0 aliphatic rings. The van der Waals surface area contributed by atoms with Crippen LogP contribution in [-0.2, 0) is 9.53 Å². The third kappa shape index (κ3) is 4.55. The van der Waals surface area contributed by atoms with E-state index in [0.29, 0.717) is 24.5 Å². The zero-order chi connectivity index (χ0) is 20.8. The Labute approximate surface area is 168 Å². The molecule has 1 amide bonds. The number of aromatic nitrogens is 1. The van der Waals surface area contributed by atoms with Crippen molar-refractivity contribution < 1.29 is 19.2 Å². The van der Waals surface area contributed by atoms with Gasteiger partial charge in [0.25, 0.3) is 5.69 Å². The van der Waals surface area contributed by atoms with E-state index in [2.05, 4.69) is 10.3 Å². The van der Waals surface area contributed by atoms with E-state index in [4.69, 9.17) is 9.47 Å². The van der Waals surface area contributed by atoms with E-state index < -0.39 is 10.8 Å². The van der Waals surface area contributed by atoms with Gasteiger partial charge < -0.3 is 19.8 Å². The number of methoxy groups -OCH3 is 2. The number of hydrogen-bond acceptors (Lipinski definition) is 5. The maximum absolute atomic E-state index is 12.6. The third-order valence-corrected chi connectivity index (χ3v) is 4.82. The summed E-state index contributed by atoms with van der Waals surface area (Å²) in [6.45, 7) is 0.771. The van der Waals surface area contributed by atoms with Crippen LogP contribution in [0.25, 0.3) is 10.9 Å². The largest absolute Gasteiger partial charge is 0.497 e. The molecule has 1 aromatic heterocycles. The van der Waals surface area contributed by atoms with E-state index in [1.807, 2.05) is 18.2 Å². The molecule has 0 saturated carbocycles. The molecule has 0 fully saturated rings. The summed E-state index contributed by atoms with van der Waals surface area (Å²) in [5.74, 6) is -0.0355. The monoisotopic (exact) mass is 397 g/mol. The Morgan fingerprint density at radius 2 is 2.00 bits per heavy atom. The number of aromatic amines is 1. The van der Waals surface area contributed by atoms with Crippen molar-refractivity contribution >= 4 is 22.5 Å². The van der Waals surface area contributed by atoms with Crippen LogP contribution in [0.15, 0.2) is 48.7 Å². The first-order valence-electron chi connectivity index (χ1n) is 9.19. The number of nitro groups is 1. The van der Waals surface area contributed by atoms with Crippen LogP contribution in [0, 0.1) is 10.1 Å². The molecule has 1 heterocycles. The molecule has 8 heteroatoms. The Balaban J connectivity index is 2.06. The molecule has 0 spiro atoms. The average Bonchev–Trinajstić information content (AvgIpc) is 3.15. The van der Waals surface area contributed by atoms with E-state index in [-0.39, 0.29) is 18.0 Å². The van der Waals surface area contributed by atoms with Crippen molar-refractivity contribution in [3.63, 3.8) is 0 Å². The number of carbonyl (C=O) groups excluding carboxylic acids is 1. The number of hydrogen-bond donors (Lipinski definition) is 2. The summed E-state index contributed by atoms with van der Waals surface area (Å²) in [6, 6.07) is 12.1. The first-order valence-corrected chi connectivity index (χ1v) is 9.19. The fraction of sp³-hybridized carbons (Fsp3) is 0.286. The SMILES string of the molecule is COCCNC(=O)CC(c1ccccc1[N+](=O)[O-])c1c[nH]c2ccc(OC)cc12. The Morgan fingerprint density at radius 3 is 2.72 bits per heavy atom. The van der Waals surface area contributed by atoms with Gasteiger partial charge in [0.2, 0.25) is 5.91 Å². The van der Waals surface area contributed by atoms with Crippen LogP contribution in [0.3, 0.4) is 0 Å². The normalized spacial score (nSPS) is 11.9. The lowest BCUT2D eigenvalue weighted by Gasteiger charge is -2.17. The molecular weight excluding hydrogens is 374 g/mol. The summed E-state index contributed by atoms with van der Waals surface area (Å²) in [5, 5.41) is 15.3. The van der Waals surface area contributed by atoms with Crippen molar-refractivity contribution in [2.45, 2.75) is 12.3 Å². The average molecular weight is 397 g/mol. The number of ether oxygens (including phenoxy) is 2. The van der Waals surface area contributed by atoms with Crippen molar-refractivity contribution in [2.24, 2.45) is 0 Å². The van der Waals surface area contributed by atoms with Gasteiger partial charge in [-0.3, -0.25) is 14.9 Å². The van der Waals surface area contributed by atoms with Crippen LogP contribution in [0.4, 0.5) is 5.69 Å². The van der Waals surface area contributed by atoms with Gasteiger partial charge >= 0.3 is 0 Å². The molecule has 0 saturated heterocycles.